The molecule has 1 saturated heterocycles. The third-order valence-electron chi connectivity index (χ3n) is 11.0. The van der Waals surface area contributed by atoms with Crippen molar-refractivity contribution in [3.63, 3.8) is 0 Å². The fourth-order valence-corrected chi connectivity index (χ4v) is 7.35. The standard InChI is InChI=1S/C45H87NO9/c1-3-5-7-9-11-13-15-17-19-21-23-25-27-29-31-33-40(47)52-36-38(37-53-45-44(51)43(50)42(49)39(35-46)55-45)54-41(48)34-32-30-28-26-24-22-20-18-16-14-12-10-8-6-4-2/h38-39,42-45,49-51H,3-37,46H2,1-2H3/t38-,39-,42+,43-,44-,45-/m0/s1. The van der Waals surface area contributed by atoms with Crippen LogP contribution in [0.2, 0.25) is 0 Å². The van der Waals surface area contributed by atoms with Crippen LogP contribution in [0.15, 0.2) is 0 Å². The molecule has 1 heterocycles. The largest absolute Gasteiger partial charge is 0.462 e. The van der Waals surface area contributed by atoms with Crippen molar-refractivity contribution in [1.29, 1.82) is 0 Å². The van der Waals surface area contributed by atoms with Gasteiger partial charge < -0.3 is 40.0 Å². The fraction of sp³-hybridized carbons (Fsp3) is 0.956. The lowest BCUT2D eigenvalue weighted by atomic mass is 9.99. The van der Waals surface area contributed by atoms with E-state index in [4.69, 9.17) is 24.7 Å². The second-order valence-electron chi connectivity index (χ2n) is 16.3. The van der Waals surface area contributed by atoms with Crippen LogP contribution >= 0.6 is 0 Å². The number of aliphatic hydroxyl groups excluding tert-OH is 3. The summed E-state index contributed by atoms with van der Waals surface area (Å²) in [5, 5.41) is 30.7. The number of aliphatic hydroxyl groups is 3. The van der Waals surface area contributed by atoms with E-state index in [1.165, 1.54) is 154 Å². The Kier molecular flexibility index (Phi) is 34.8. The molecule has 5 N–H and O–H groups in total. The van der Waals surface area contributed by atoms with Crippen LogP contribution in [0.4, 0.5) is 0 Å². The molecule has 0 aromatic carbocycles. The topological polar surface area (TPSA) is 158 Å². The first kappa shape index (κ1) is 51.7. The minimum absolute atomic E-state index is 0.0839. The molecule has 0 amide bonds. The molecule has 1 rings (SSSR count). The van der Waals surface area contributed by atoms with E-state index >= 15 is 0 Å². The summed E-state index contributed by atoms with van der Waals surface area (Å²) in [5.41, 5.74) is 5.65. The number of hydrogen-bond donors (Lipinski definition) is 4. The summed E-state index contributed by atoms with van der Waals surface area (Å²) in [6.45, 7) is 4.03. The lowest BCUT2D eigenvalue weighted by Gasteiger charge is -2.40. The van der Waals surface area contributed by atoms with Crippen LogP contribution in [0.1, 0.15) is 219 Å². The molecule has 0 spiro atoms. The second-order valence-corrected chi connectivity index (χ2v) is 16.3. The highest BCUT2D eigenvalue weighted by Crippen LogP contribution is 2.22. The second kappa shape index (κ2) is 37.0. The van der Waals surface area contributed by atoms with Crippen LogP contribution in [0.25, 0.3) is 0 Å². The average molecular weight is 786 g/mol. The number of unbranched alkanes of at least 4 members (excludes halogenated alkanes) is 28. The maximum absolute atomic E-state index is 12.8. The summed E-state index contributed by atoms with van der Waals surface area (Å²) in [6.07, 6.45) is 30.4. The van der Waals surface area contributed by atoms with Crippen molar-refractivity contribution in [2.45, 2.75) is 256 Å². The Balaban J connectivity index is 2.30. The monoisotopic (exact) mass is 786 g/mol. The molecule has 326 valence electrons. The zero-order valence-electron chi connectivity index (χ0n) is 35.6. The van der Waals surface area contributed by atoms with Gasteiger partial charge in [-0.2, -0.15) is 0 Å². The number of ether oxygens (including phenoxy) is 4. The lowest BCUT2D eigenvalue weighted by Crippen LogP contribution is -2.60. The molecule has 6 atom stereocenters. The van der Waals surface area contributed by atoms with E-state index in [2.05, 4.69) is 13.8 Å². The molecule has 0 unspecified atom stereocenters. The molecule has 0 aliphatic carbocycles. The van der Waals surface area contributed by atoms with E-state index in [9.17, 15) is 24.9 Å². The summed E-state index contributed by atoms with van der Waals surface area (Å²) >= 11 is 0. The maximum atomic E-state index is 12.8. The van der Waals surface area contributed by atoms with E-state index in [-0.39, 0.29) is 32.1 Å². The van der Waals surface area contributed by atoms with Gasteiger partial charge in [0, 0.05) is 19.4 Å². The minimum Gasteiger partial charge on any atom is -0.462 e. The first-order valence-corrected chi connectivity index (χ1v) is 23.2. The highest BCUT2D eigenvalue weighted by atomic mass is 16.7. The molecule has 0 aromatic heterocycles. The zero-order chi connectivity index (χ0) is 40.2. The Hall–Kier alpha value is -1.30. The first-order valence-electron chi connectivity index (χ1n) is 23.2. The van der Waals surface area contributed by atoms with Crippen molar-refractivity contribution in [2.24, 2.45) is 5.73 Å². The molecule has 10 heteroatoms. The molecule has 55 heavy (non-hydrogen) atoms. The molecule has 10 nitrogen and oxygen atoms in total. The summed E-state index contributed by atoms with van der Waals surface area (Å²) < 4.78 is 22.4. The van der Waals surface area contributed by atoms with Gasteiger partial charge in [-0.25, -0.2) is 0 Å². The van der Waals surface area contributed by atoms with Crippen LogP contribution in [0, 0.1) is 0 Å². The Labute approximate surface area is 336 Å². The van der Waals surface area contributed by atoms with Crippen LogP contribution < -0.4 is 5.73 Å². The zero-order valence-corrected chi connectivity index (χ0v) is 35.6. The third kappa shape index (κ3) is 28.7. The predicted molar refractivity (Wildman–Crippen MR) is 222 cm³/mol. The molecule has 0 saturated carbocycles. The van der Waals surface area contributed by atoms with Crippen molar-refractivity contribution < 1.29 is 43.9 Å². The maximum Gasteiger partial charge on any atom is 0.306 e. The first-order chi connectivity index (χ1) is 26.8. The van der Waals surface area contributed by atoms with E-state index in [0.717, 1.165) is 38.5 Å². The van der Waals surface area contributed by atoms with Gasteiger partial charge in [0.1, 0.15) is 31.0 Å². The number of rotatable bonds is 39. The summed E-state index contributed by atoms with van der Waals surface area (Å²) in [4.78, 5) is 25.4. The van der Waals surface area contributed by atoms with Gasteiger partial charge in [-0.15, -0.1) is 0 Å². The highest BCUT2D eigenvalue weighted by molar-refractivity contribution is 5.70. The van der Waals surface area contributed by atoms with Gasteiger partial charge in [-0.1, -0.05) is 194 Å². The Morgan fingerprint density at radius 2 is 0.873 bits per heavy atom. The van der Waals surface area contributed by atoms with Gasteiger partial charge in [0.25, 0.3) is 0 Å². The number of carbonyl (C=O) groups excluding carboxylic acids is 2. The Bertz CT molecular complexity index is 875. The highest BCUT2D eigenvalue weighted by Gasteiger charge is 2.44. The molecular formula is C45H87NO9. The number of hydrogen-bond acceptors (Lipinski definition) is 10. The molecule has 0 radical (unpaired) electrons. The number of nitrogens with two attached hydrogens (primary N) is 1. The summed E-state index contributed by atoms with van der Waals surface area (Å²) in [6, 6.07) is 0. The molecule has 0 aromatic rings. The Morgan fingerprint density at radius 1 is 0.509 bits per heavy atom. The van der Waals surface area contributed by atoms with Crippen molar-refractivity contribution >= 4 is 11.9 Å². The molecule has 1 aliphatic heterocycles. The molecule has 0 bridgehead atoms. The van der Waals surface area contributed by atoms with Gasteiger partial charge in [-0.05, 0) is 12.8 Å². The summed E-state index contributed by atoms with van der Waals surface area (Å²) in [5.74, 6) is -0.754. The van der Waals surface area contributed by atoms with E-state index in [1.807, 2.05) is 0 Å². The lowest BCUT2D eigenvalue weighted by molar-refractivity contribution is -0.299. The smallest absolute Gasteiger partial charge is 0.306 e. The van der Waals surface area contributed by atoms with Gasteiger partial charge in [0.2, 0.25) is 0 Å². The van der Waals surface area contributed by atoms with Crippen molar-refractivity contribution in [1.82, 2.24) is 0 Å². The average Bonchev–Trinajstić information content (AvgIpc) is 3.18. The SMILES string of the molecule is CCCCCCCCCCCCCCCCCC(=O)OC[C@@H](CO[C@H]1O[C@@H](CN)[C@@H](O)[C@H](O)[C@@H]1O)OC(=O)CCCCCCCCCCCCCCCCC. The third-order valence-corrected chi connectivity index (χ3v) is 11.0. The van der Waals surface area contributed by atoms with Gasteiger partial charge in [0.05, 0.1) is 6.61 Å². The molecule has 1 fully saturated rings. The summed E-state index contributed by atoms with van der Waals surface area (Å²) in [7, 11) is 0. The van der Waals surface area contributed by atoms with Crippen LogP contribution in [0.3, 0.4) is 0 Å². The van der Waals surface area contributed by atoms with E-state index < -0.39 is 42.8 Å². The van der Waals surface area contributed by atoms with E-state index in [1.54, 1.807) is 0 Å². The normalized spacial score (nSPS) is 20.4. The minimum atomic E-state index is -1.53. The van der Waals surface area contributed by atoms with Crippen LogP contribution in [-0.4, -0.2) is 83.8 Å². The number of esters is 2. The van der Waals surface area contributed by atoms with Crippen molar-refractivity contribution in [3.8, 4) is 0 Å². The van der Waals surface area contributed by atoms with Gasteiger partial charge >= 0.3 is 11.9 Å². The van der Waals surface area contributed by atoms with E-state index in [0.29, 0.717) is 6.42 Å². The van der Waals surface area contributed by atoms with Crippen LogP contribution in [-0.2, 0) is 28.5 Å². The molecular weight excluding hydrogens is 698 g/mol. The molecule has 1 aliphatic rings. The fourth-order valence-electron chi connectivity index (χ4n) is 7.35. The number of carbonyl (C=O) groups is 2. The van der Waals surface area contributed by atoms with Crippen molar-refractivity contribution in [2.75, 3.05) is 19.8 Å². The quantitative estimate of drug-likeness (QED) is 0.0349. The van der Waals surface area contributed by atoms with Gasteiger partial charge in [0.15, 0.2) is 12.4 Å². The predicted octanol–water partition coefficient (Wildman–Crippen LogP) is 9.75. The Morgan fingerprint density at radius 3 is 1.25 bits per heavy atom. The van der Waals surface area contributed by atoms with Gasteiger partial charge in [-0.3, -0.25) is 9.59 Å². The van der Waals surface area contributed by atoms with Crippen molar-refractivity contribution in [3.05, 3.63) is 0 Å². The van der Waals surface area contributed by atoms with Crippen LogP contribution in [0.5, 0.6) is 0 Å².